The Labute approximate surface area is 109 Å². The highest BCUT2D eigenvalue weighted by molar-refractivity contribution is 7.11. The summed E-state index contributed by atoms with van der Waals surface area (Å²) in [7, 11) is 0. The standard InChI is InChI=1S/C14H14N2OS/c1-8-14(18-9(2)16-8)13(15)12-7-10-5-3-4-6-11(10)17-12/h3-7,13H,15H2,1-2H3. The minimum absolute atomic E-state index is 0.233. The molecule has 0 amide bonds. The van der Waals surface area contributed by atoms with E-state index in [0.29, 0.717) is 0 Å². The number of fused-ring (bicyclic) bond motifs is 1. The first kappa shape index (κ1) is 11.4. The van der Waals surface area contributed by atoms with E-state index in [2.05, 4.69) is 4.98 Å². The Kier molecular flexibility index (Phi) is 2.69. The highest BCUT2D eigenvalue weighted by Crippen LogP contribution is 2.31. The van der Waals surface area contributed by atoms with E-state index in [-0.39, 0.29) is 6.04 Å². The van der Waals surface area contributed by atoms with Gasteiger partial charge in [-0.25, -0.2) is 4.98 Å². The zero-order valence-corrected chi connectivity index (χ0v) is 11.1. The molecule has 4 heteroatoms. The summed E-state index contributed by atoms with van der Waals surface area (Å²) in [6.07, 6.45) is 0. The van der Waals surface area contributed by atoms with E-state index in [1.165, 1.54) is 0 Å². The number of thiazole rings is 1. The topological polar surface area (TPSA) is 52.0 Å². The summed E-state index contributed by atoms with van der Waals surface area (Å²) in [5.41, 5.74) is 8.14. The molecule has 0 saturated heterocycles. The average Bonchev–Trinajstić information content (AvgIpc) is 2.91. The minimum Gasteiger partial charge on any atom is -0.459 e. The van der Waals surface area contributed by atoms with Gasteiger partial charge in [-0.05, 0) is 26.0 Å². The van der Waals surface area contributed by atoms with Crippen LogP contribution >= 0.6 is 11.3 Å². The lowest BCUT2D eigenvalue weighted by atomic mass is 10.1. The first-order valence-electron chi connectivity index (χ1n) is 5.83. The maximum atomic E-state index is 6.27. The van der Waals surface area contributed by atoms with Gasteiger partial charge in [0.15, 0.2) is 0 Å². The van der Waals surface area contributed by atoms with Crippen molar-refractivity contribution in [3.8, 4) is 0 Å². The maximum Gasteiger partial charge on any atom is 0.134 e. The van der Waals surface area contributed by atoms with Gasteiger partial charge in [0.1, 0.15) is 11.3 Å². The molecule has 0 aliphatic heterocycles. The molecule has 3 aromatic rings. The van der Waals surface area contributed by atoms with Crippen molar-refractivity contribution in [3.05, 3.63) is 51.7 Å². The molecule has 2 aromatic heterocycles. The molecule has 0 aliphatic carbocycles. The highest BCUT2D eigenvalue weighted by Gasteiger charge is 2.19. The zero-order chi connectivity index (χ0) is 12.7. The number of benzene rings is 1. The number of nitrogens with two attached hydrogens (primary N) is 1. The number of hydrogen-bond donors (Lipinski definition) is 1. The number of rotatable bonds is 2. The van der Waals surface area contributed by atoms with Gasteiger partial charge in [-0.1, -0.05) is 18.2 Å². The Morgan fingerprint density at radius 3 is 2.72 bits per heavy atom. The summed E-state index contributed by atoms with van der Waals surface area (Å²) >= 11 is 1.63. The van der Waals surface area contributed by atoms with E-state index >= 15 is 0 Å². The summed E-state index contributed by atoms with van der Waals surface area (Å²) in [5.74, 6) is 0.794. The predicted molar refractivity (Wildman–Crippen MR) is 73.8 cm³/mol. The Balaban J connectivity index is 2.06. The van der Waals surface area contributed by atoms with Crippen LogP contribution in [0.1, 0.15) is 27.4 Å². The van der Waals surface area contributed by atoms with E-state index in [1.54, 1.807) is 11.3 Å². The van der Waals surface area contributed by atoms with Crippen LogP contribution in [0.25, 0.3) is 11.0 Å². The first-order chi connectivity index (χ1) is 8.65. The fourth-order valence-corrected chi connectivity index (χ4v) is 3.06. The molecular weight excluding hydrogens is 244 g/mol. The quantitative estimate of drug-likeness (QED) is 0.764. The van der Waals surface area contributed by atoms with E-state index in [9.17, 15) is 0 Å². The van der Waals surface area contributed by atoms with Gasteiger partial charge >= 0.3 is 0 Å². The molecule has 1 aromatic carbocycles. The Morgan fingerprint density at radius 2 is 2.06 bits per heavy atom. The fraction of sp³-hybridized carbons (Fsp3) is 0.214. The molecule has 1 unspecified atom stereocenters. The number of furan rings is 1. The summed E-state index contributed by atoms with van der Waals surface area (Å²) in [6, 6.07) is 9.71. The molecule has 3 nitrogen and oxygen atoms in total. The van der Waals surface area contributed by atoms with E-state index < -0.39 is 0 Å². The van der Waals surface area contributed by atoms with Gasteiger partial charge in [-0.2, -0.15) is 0 Å². The SMILES string of the molecule is Cc1nc(C)c(C(N)c2cc3ccccc3o2)s1. The van der Waals surface area contributed by atoms with E-state index in [0.717, 1.165) is 32.3 Å². The fourth-order valence-electron chi connectivity index (χ4n) is 2.12. The lowest BCUT2D eigenvalue weighted by molar-refractivity contribution is 0.526. The predicted octanol–water partition coefficient (Wildman–Crippen LogP) is 3.55. The molecule has 0 bridgehead atoms. The number of aryl methyl sites for hydroxylation is 2. The second kappa shape index (κ2) is 4.23. The summed E-state index contributed by atoms with van der Waals surface area (Å²) in [4.78, 5) is 5.48. The van der Waals surface area contributed by atoms with Crippen molar-refractivity contribution in [2.45, 2.75) is 19.9 Å². The highest BCUT2D eigenvalue weighted by atomic mass is 32.1. The second-order valence-electron chi connectivity index (χ2n) is 4.35. The van der Waals surface area contributed by atoms with E-state index in [1.807, 2.05) is 44.2 Å². The largest absolute Gasteiger partial charge is 0.459 e. The molecule has 92 valence electrons. The van der Waals surface area contributed by atoms with Crippen molar-refractivity contribution in [2.24, 2.45) is 5.73 Å². The van der Waals surface area contributed by atoms with Crippen molar-refractivity contribution < 1.29 is 4.42 Å². The number of hydrogen-bond acceptors (Lipinski definition) is 4. The molecule has 2 heterocycles. The molecule has 2 N–H and O–H groups in total. The Hall–Kier alpha value is -1.65. The van der Waals surface area contributed by atoms with Crippen LogP contribution in [-0.4, -0.2) is 4.98 Å². The van der Waals surface area contributed by atoms with Crippen LogP contribution in [0.4, 0.5) is 0 Å². The third kappa shape index (κ3) is 1.83. The molecule has 0 aliphatic rings. The average molecular weight is 258 g/mol. The van der Waals surface area contributed by atoms with Gasteiger partial charge in [0, 0.05) is 5.39 Å². The van der Waals surface area contributed by atoms with E-state index in [4.69, 9.17) is 10.2 Å². The lowest BCUT2D eigenvalue weighted by Gasteiger charge is -2.06. The van der Waals surface area contributed by atoms with Gasteiger partial charge in [-0.15, -0.1) is 11.3 Å². The third-order valence-electron chi connectivity index (χ3n) is 2.97. The summed E-state index contributed by atoms with van der Waals surface area (Å²) < 4.78 is 5.80. The smallest absolute Gasteiger partial charge is 0.134 e. The molecular formula is C14H14N2OS. The van der Waals surface area contributed by atoms with Crippen LogP contribution in [0.3, 0.4) is 0 Å². The minimum atomic E-state index is -0.233. The Morgan fingerprint density at radius 1 is 1.28 bits per heavy atom. The molecule has 0 saturated carbocycles. The van der Waals surface area contributed by atoms with Gasteiger partial charge < -0.3 is 10.2 Å². The Bertz CT molecular complexity index is 666. The third-order valence-corrected chi connectivity index (χ3v) is 4.13. The van der Waals surface area contributed by atoms with Crippen molar-refractivity contribution in [1.29, 1.82) is 0 Å². The van der Waals surface area contributed by atoms with Crippen molar-refractivity contribution in [3.63, 3.8) is 0 Å². The van der Waals surface area contributed by atoms with Crippen LogP contribution < -0.4 is 5.73 Å². The summed E-state index contributed by atoms with van der Waals surface area (Å²) in [5, 5.41) is 2.12. The maximum absolute atomic E-state index is 6.27. The number of para-hydroxylation sites is 1. The molecule has 0 fully saturated rings. The van der Waals surface area contributed by atoms with Crippen molar-refractivity contribution in [1.82, 2.24) is 4.98 Å². The number of aromatic nitrogens is 1. The lowest BCUT2D eigenvalue weighted by Crippen LogP contribution is -2.10. The van der Waals surface area contributed by atoms with Gasteiger partial charge in [-0.3, -0.25) is 0 Å². The van der Waals surface area contributed by atoms with Gasteiger partial charge in [0.25, 0.3) is 0 Å². The zero-order valence-electron chi connectivity index (χ0n) is 10.3. The molecule has 0 radical (unpaired) electrons. The summed E-state index contributed by atoms with van der Waals surface area (Å²) in [6.45, 7) is 3.98. The van der Waals surface area contributed by atoms with Crippen LogP contribution in [0.5, 0.6) is 0 Å². The first-order valence-corrected chi connectivity index (χ1v) is 6.65. The van der Waals surface area contributed by atoms with Crippen molar-refractivity contribution in [2.75, 3.05) is 0 Å². The van der Waals surface area contributed by atoms with Gasteiger partial charge in [0.05, 0.1) is 21.6 Å². The monoisotopic (exact) mass is 258 g/mol. The van der Waals surface area contributed by atoms with Gasteiger partial charge in [0.2, 0.25) is 0 Å². The van der Waals surface area contributed by atoms with Crippen molar-refractivity contribution >= 4 is 22.3 Å². The van der Waals surface area contributed by atoms with Crippen LogP contribution in [0, 0.1) is 13.8 Å². The molecule has 1 atom stereocenters. The molecule has 3 rings (SSSR count). The molecule has 0 spiro atoms. The normalized spacial score (nSPS) is 13.1. The van der Waals surface area contributed by atoms with Crippen LogP contribution in [0.2, 0.25) is 0 Å². The van der Waals surface area contributed by atoms with Crippen LogP contribution in [-0.2, 0) is 0 Å². The number of nitrogens with zero attached hydrogens (tertiary/aromatic N) is 1. The van der Waals surface area contributed by atoms with Crippen LogP contribution in [0.15, 0.2) is 34.7 Å². The molecule has 18 heavy (non-hydrogen) atoms. The second-order valence-corrected chi connectivity index (χ2v) is 5.58.